The third-order valence-electron chi connectivity index (χ3n) is 7.91. The summed E-state index contributed by atoms with van der Waals surface area (Å²) in [5, 5.41) is 3.96. The molecule has 2 saturated heterocycles. The van der Waals surface area contributed by atoms with Gasteiger partial charge in [0, 0.05) is 42.2 Å². The minimum atomic E-state index is -3.87. The predicted molar refractivity (Wildman–Crippen MR) is 144 cm³/mol. The van der Waals surface area contributed by atoms with E-state index in [0.29, 0.717) is 18.5 Å². The molecule has 0 bridgehead atoms. The molecule has 0 unspecified atom stereocenters. The van der Waals surface area contributed by atoms with Gasteiger partial charge in [-0.15, -0.1) is 0 Å². The van der Waals surface area contributed by atoms with Gasteiger partial charge in [-0.25, -0.2) is 12.4 Å². The second-order valence-electron chi connectivity index (χ2n) is 10.5. The lowest BCUT2D eigenvalue weighted by Gasteiger charge is -2.32. The van der Waals surface area contributed by atoms with Crippen molar-refractivity contribution in [2.75, 3.05) is 0 Å². The molecule has 2 N–H and O–H groups in total. The van der Waals surface area contributed by atoms with E-state index in [0.717, 1.165) is 22.0 Å². The number of aromatic nitrogens is 2. The van der Waals surface area contributed by atoms with Gasteiger partial charge in [-0.3, -0.25) is 9.59 Å². The van der Waals surface area contributed by atoms with Crippen LogP contribution in [0.15, 0.2) is 78.0 Å². The summed E-state index contributed by atoms with van der Waals surface area (Å²) in [4.78, 5) is 32.2. The van der Waals surface area contributed by atoms with Crippen LogP contribution in [0, 0.1) is 12.8 Å². The Kier molecular flexibility index (Phi) is 5.90. The van der Waals surface area contributed by atoms with E-state index < -0.39 is 22.1 Å². The Bertz CT molecular complexity index is 1640. The molecule has 6 rings (SSSR count). The third-order valence-corrected chi connectivity index (χ3v) is 9.63. The number of nitrogens with one attached hydrogen (secondary N) is 2. The summed E-state index contributed by atoms with van der Waals surface area (Å²) in [5.41, 5.74) is 3.43. The molecule has 8 nitrogen and oxygen atoms in total. The quantitative estimate of drug-likeness (QED) is 0.408. The van der Waals surface area contributed by atoms with Crippen LogP contribution in [0.2, 0.25) is 0 Å². The van der Waals surface area contributed by atoms with E-state index in [1.54, 1.807) is 47.5 Å². The van der Waals surface area contributed by atoms with Crippen molar-refractivity contribution in [2.24, 2.45) is 5.92 Å². The largest absolute Gasteiger partial charge is 0.361 e. The van der Waals surface area contributed by atoms with E-state index in [1.165, 1.54) is 3.97 Å². The highest BCUT2D eigenvalue weighted by Gasteiger charge is 2.48. The summed E-state index contributed by atoms with van der Waals surface area (Å²) in [5.74, 6) is -0.363. The van der Waals surface area contributed by atoms with E-state index in [-0.39, 0.29) is 35.1 Å². The number of carbonyl (C=O) groups excluding carboxylic acids is 2. The highest BCUT2D eigenvalue weighted by atomic mass is 32.2. The molecule has 2 aromatic carbocycles. The van der Waals surface area contributed by atoms with Gasteiger partial charge in [-0.1, -0.05) is 42.8 Å². The second-order valence-corrected chi connectivity index (χ2v) is 12.3. The number of aromatic amines is 1. The Hall–Kier alpha value is -3.85. The molecule has 9 heteroatoms. The maximum atomic E-state index is 14.1. The maximum absolute atomic E-state index is 14.1. The third kappa shape index (κ3) is 4.01. The van der Waals surface area contributed by atoms with Gasteiger partial charge in [0.1, 0.15) is 6.04 Å². The van der Waals surface area contributed by atoms with Crippen molar-refractivity contribution >= 4 is 32.7 Å². The summed E-state index contributed by atoms with van der Waals surface area (Å²) in [6.07, 6.45) is 4.60. The molecule has 0 saturated carbocycles. The van der Waals surface area contributed by atoms with E-state index in [2.05, 4.69) is 10.3 Å². The van der Waals surface area contributed by atoms with Gasteiger partial charge in [0.2, 0.25) is 11.8 Å². The Labute approximate surface area is 221 Å². The van der Waals surface area contributed by atoms with Crippen molar-refractivity contribution in [1.82, 2.24) is 19.2 Å². The zero-order valence-electron chi connectivity index (χ0n) is 21.3. The molecular weight excluding hydrogens is 500 g/mol. The first-order valence-corrected chi connectivity index (χ1v) is 14.3. The first-order chi connectivity index (χ1) is 18.2. The molecule has 2 aliphatic rings. The first-order valence-electron chi connectivity index (χ1n) is 12.9. The zero-order chi connectivity index (χ0) is 26.6. The molecule has 4 heterocycles. The topological polar surface area (TPSA) is 104 Å². The average molecular weight is 531 g/mol. The van der Waals surface area contributed by atoms with Crippen LogP contribution in [0.5, 0.6) is 0 Å². The number of para-hydroxylation sites is 1. The Morgan fingerprint density at radius 2 is 1.76 bits per heavy atom. The number of aryl methyl sites for hydroxylation is 1. The standard InChI is InChI=1S/C29H30N4O4S/c1-18-9-11-22(12-10-18)38(36,37)32-13-5-8-26(32)28-19(2)14-21-16-27(34)31-25(29(35)33(21)28)15-20-17-30-24-7-4-3-6-23(20)24/h3-13,17,19,21,25,28,30H,14-16H2,1-2H3,(H,31,34)/t19-,21-,25-,28+/m0/s1. The summed E-state index contributed by atoms with van der Waals surface area (Å²) in [6, 6.07) is 16.6. The number of hydrogen-bond donors (Lipinski definition) is 2. The van der Waals surface area contributed by atoms with E-state index >= 15 is 0 Å². The van der Waals surface area contributed by atoms with Crippen LogP contribution < -0.4 is 5.32 Å². The van der Waals surface area contributed by atoms with Gasteiger partial charge < -0.3 is 15.2 Å². The van der Waals surface area contributed by atoms with Crippen LogP contribution in [0.1, 0.15) is 42.6 Å². The van der Waals surface area contributed by atoms with Crippen molar-refractivity contribution in [3.63, 3.8) is 0 Å². The van der Waals surface area contributed by atoms with Crippen molar-refractivity contribution in [1.29, 1.82) is 0 Å². The van der Waals surface area contributed by atoms with E-state index in [1.807, 2.05) is 44.3 Å². The fourth-order valence-corrected chi connectivity index (χ4v) is 7.51. The number of carbonyl (C=O) groups is 2. The molecular formula is C29H30N4O4S. The maximum Gasteiger partial charge on any atom is 0.267 e. The fraction of sp³-hybridized carbons (Fsp3) is 0.310. The minimum absolute atomic E-state index is 0.0227. The SMILES string of the molecule is Cc1ccc(S(=O)(=O)n2cccc2[C@H]2[C@@H](C)C[C@H]3CC(=O)N[C@@H](Cc4c[nH]c5ccccc45)C(=O)N32)cc1. The molecule has 0 spiro atoms. The monoisotopic (exact) mass is 530 g/mol. The molecule has 4 aromatic rings. The lowest BCUT2D eigenvalue weighted by molar-refractivity contribution is -0.136. The molecule has 2 fully saturated rings. The van der Waals surface area contributed by atoms with Crippen LogP contribution in [0.4, 0.5) is 0 Å². The number of nitrogens with zero attached hydrogens (tertiary/aromatic N) is 2. The van der Waals surface area contributed by atoms with E-state index in [9.17, 15) is 18.0 Å². The summed E-state index contributed by atoms with van der Waals surface area (Å²) < 4.78 is 28.6. The normalized spacial score (nSPS) is 23.9. The summed E-state index contributed by atoms with van der Waals surface area (Å²) in [7, 11) is -3.87. The number of benzene rings is 2. The predicted octanol–water partition coefficient (Wildman–Crippen LogP) is 3.92. The van der Waals surface area contributed by atoms with Gasteiger partial charge in [0.05, 0.1) is 16.6 Å². The van der Waals surface area contributed by atoms with Crippen molar-refractivity contribution < 1.29 is 18.0 Å². The minimum Gasteiger partial charge on any atom is -0.361 e. The fourth-order valence-electron chi connectivity index (χ4n) is 6.12. The van der Waals surface area contributed by atoms with Crippen LogP contribution in [0.25, 0.3) is 10.9 Å². The molecule has 4 atom stereocenters. The number of hydrogen-bond acceptors (Lipinski definition) is 4. The van der Waals surface area contributed by atoms with Gasteiger partial charge in [-0.05, 0) is 55.2 Å². The number of amides is 2. The number of H-pyrrole nitrogens is 1. The zero-order valence-corrected chi connectivity index (χ0v) is 22.1. The van der Waals surface area contributed by atoms with Crippen molar-refractivity contribution in [2.45, 2.75) is 56.1 Å². The second kappa shape index (κ2) is 9.16. The van der Waals surface area contributed by atoms with Gasteiger partial charge in [-0.2, -0.15) is 0 Å². The molecule has 196 valence electrons. The summed E-state index contributed by atoms with van der Waals surface area (Å²) in [6.45, 7) is 3.93. The molecule has 0 aliphatic carbocycles. The highest BCUT2D eigenvalue weighted by Crippen LogP contribution is 2.44. The molecule has 38 heavy (non-hydrogen) atoms. The smallest absolute Gasteiger partial charge is 0.267 e. The van der Waals surface area contributed by atoms with Crippen LogP contribution in [0.3, 0.4) is 0 Å². The molecule has 2 aromatic heterocycles. The van der Waals surface area contributed by atoms with Crippen molar-refractivity contribution in [3.8, 4) is 0 Å². The summed E-state index contributed by atoms with van der Waals surface area (Å²) >= 11 is 0. The Morgan fingerprint density at radius 1 is 1.00 bits per heavy atom. The Morgan fingerprint density at radius 3 is 2.55 bits per heavy atom. The molecule has 2 aliphatic heterocycles. The van der Waals surface area contributed by atoms with Crippen LogP contribution in [-0.4, -0.2) is 46.2 Å². The molecule has 2 amide bonds. The number of fused-ring (bicyclic) bond motifs is 2. The van der Waals surface area contributed by atoms with Crippen molar-refractivity contribution in [3.05, 3.63) is 89.9 Å². The van der Waals surface area contributed by atoms with Crippen LogP contribution >= 0.6 is 0 Å². The lowest BCUT2D eigenvalue weighted by atomic mass is 9.97. The van der Waals surface area contributed by atoms with Gasteiger partial charge in [0.25, 0.3) is 10.0 Å². The van der Waals surface area contributed by atoms with E-state index in [4.69, 9.17) is 0 Å². The van der Waals surface area contributed by atoms with Crippen LogP contribution in [-0.2, 0) is 26.0 Å². The number of rotatable bonds is 5. The Balaban J connectivity index is 1.37. The average Bonchev–Trinajstić information content (AvgIpc) is 3.59. The molecule has 0 radical (unpaired) electrons. The highest BCUT2D eigenvalue weighted by molar-refractivity contribution is 7.90. The van der Waals surface area contributed by atoms with Gasteiger partial charge in [0.15, 0.2) is 0 Å². The first kappa shape index (κ1) is 24.5. The lowest BCUT2D eigenvalue weighted by Crippen LogP contribution is -2.47. The van der Waals surface area contributed by atoms with Gasteiger partial charge >= 0.3 is 0 Å².